The zero-order valence-corrected chi connectivity index (χ0v) is 18.9. The van der Waals surface area contributed by atoms with E-state index >= 15 is 0 Å². The lowest BCUT2D eigenvalue weighted by Gasteiger charge is -2.27. The molecule has 0 spiro atoms. The molecule has 1 saturated carbocycles. The van der Waals surface area contributed by atoms with Crippen molar-refractivity contribution in [1.29, 1.82) is 0 Å². The van der Waals surface area contributed by atoms with Crippen LogP contribution in [0.25, 0.3) is 0 Å². The fourth-order valence-electron chi connectivity index (χ4n) is 4.04. The summed E-state index contributed by atoms with van der Waals surface area (Å²) in [7, 11) is -6.61. The largest absolute Gasteiger partial charge is 0.351 e. The Morgan fingerprint density at radius 1 is 1.00 bits per heavy atom. The van der Waals surface area contributed by atoms with Crippen LogP contribution in [-0.2, 0) is 29.4 Å². The highest BCUT2D eigenvalue weighted by Gasteiger charge is 2.30. The van der Waals surface area contributed by atoms with E-state index in [2.05, 4.69) is 15.4 Å². The monoisotopic (exact) mass is 471 g/mol. The molecule has 1 aliphatic heterocycles. The SMILES string of the molecule is O=C(CNC(=O)C1CCC(CNS(=O)(=O)c2ccccc2)CC1)NC1CCS(=O)(=O)C1. The average molecular weight is 472 g/mol. The minimum atomic E-state index is -3.54. The fourth-order valence-corrected chi connectivity index (χ4v) is 6.85. The van der Waals surface area contributed by atoms with Crippen molar-refractivity contribution in [3.63, 3.8) is 0 Å². The molecule has 9 nitrogen and oxygen atoms in total. The van der Waals surface area contributed by atoms with E-state index in [0.717, 1.165) is 12.8 Å². The van der Waals surface area contributed by atoms with Crippen molar-refractivity contribution in [2.24, 2.45) is 11.8 Å². The van der Waals surface area contributed by atoms with Crippen LogP contribution in [0.5, 0.6) is 0 Å². The first-order valence-corrected chi connectivity index (χ1v) is 13.8. The molecule has 1 aromatic rings. The Labute approximate surface area is 183 Å². The van der Waals surface area contributed by atoms with Crippen molar-refractivity contribution in [3.8, 4) is 0 Å². The van der Waals surface area contributed by atoms with Crippen LogP contribution in [0.3, 0.4) is 0 Å². The number of nitrogens with one attached hydrogen (secondary N) is 3. The molecular weight excluding hydrogens is 442 g/mol. The van der Waals surface area contributed by atoms with Crippen LogP contribution in [0.2, 0.25) is 0 Å². The van der Waals surface area contributed by atoms with Gasteiger partial charge in [-0.05, 0) is 50.2 Å². The zero-order valence-electron chi connectivity index (χ0n) is 17.2. The average Bonchev–Trinajstić information content (AvgIpc) is 3.09. The van der Waals surface area contributed by atoms with Crippen molar-refractivity contribution in [1.82, 2.24) is 15.4 Å². The number of carbonyl (C=O) groups is 2. The van der Waals surface area contributed by atoms with E-state index in [1.165, 1.54) is 0 Å². The first kappa shape index (κ1) is 23.7. The number of sulfone groups is 1. The van der Waals surface area contributed by atoms with E-state index in [4.69, 9.17) is 0 Å². The highest BCUT2D eigenvalue weighted by molar-refractivity contribution is 7.91. The number of carbonyl (C=O) groups excluding carboxylic acids is 2. The van der Waals surface area contributed by atoms with E-state index in [0.29, 0.717) is 25.8 Å². The minimum Gasteiger partial charge on any atom is -0.351 e. The number of sulfonamides is 1. The second-order valence-corrected chi connectivity index (χ2v) is 12.3. The van der Waals surface area contributed by atoms with Gasteiger partial charge in [0.2, 0.25) is 21.8 Å². The number of hydrogen-bond donors (Lipinski definition) is 3. The molecule has 1 atom stereocenters. The van der Waals surface area contributed by atoms with Gasteiger partial charge in [-0.2, -0.15) is 0 Å². The van der Waals surface area contributed by atoms with E-state index in [1.54, 1.807) is 30.3 Å². The number of benzene rings is 1. The zero-order chi connectivity index (χ0) is 22.5. The van der Waals surface area contributed by atoms with Gasteiger partial charge in [0.25, 0.3) is 0 Å². The molecule has 11 heteroatoms. The summed E-state index contributed by atoms with van der Waals surface area (Å²) in [6, 6.07) is 7.82. The third-order valence-electron chi connectivity index (χ3n) is 5.85. The highest BCUT2D eigenvalue weighted by Crippen LogP contribution is 2.28. The van der Waals surface area contributed by atoms with Crippen LogP contribution < -0.4 is 15.4 Å². The van der Waals surface area contributed by atoms with Gasteiger partial charge in [-0.15, -0.1) is 0 Å². The van der Waals surface area contributed by atoms with Crippen LogP contribution in [0, 0.1) is 11.8 Å². The van der Waals surface area contributed by atoms with Crippen LogP contribution >= 0.6 is 0 Å². The predicted octanol–water partition coefficient (Wildman–Crippen LogP) is 0.191. The molecule has 172 valence electrons. The summed E-state index contributed by atoms with van der Waals surface area (Å²) in [4.78, 5) is 24.5. The first-order chi connectivity index (χ1) is 14.6. The second-order valence-electron chi connectivity index (χ2n) is 8.27. The van der Waals surface area contributed by atoms with Crippen LogP contribution in [0.15, 0.2) is 35.2 Å². The fraction of sp³-hybridized carbons (Fsp3) is 0.600. The normalized spacial score (nSPS) is 25.6. The maximum absolute atomic E-state index is 12.4. The Hall–Kier alpha value is -1.98. The molecule has 0 bridgehead atoms. The summed E-state index contributed by atoms with van der Waals surface area (Å²) >= 11 is 0. The maximum atomic E-state index is 12.4. The Balaban J connectivity index is 1.35. The molecule has 2 aliphatic rings. The summed E-state index contributed by atoms with van der Waals surface area (Å²) in [6.45, 7) is 0.157. The second kappa shape index (κ2) is 10.1. The summed E-state index contributed by atoms with van der Waals surface area (Å²) in [5, 5.41) is 5.27. The van der Waals surface area contributed by atoms with Gasteiger partial charge in [0.1, 0.15) is 0 Å². The van der Waals surface area contributed by atoms with E-state index in [-0.39, 0.29) is 52.6 Å². The molecule has 1 heterocycles. The third kappa shape index (κ3) is 7.01. The van der Waals surface area contributed by atoms with Crippen molar-refractivity contribution in [3.05, 3.63) is 30.3 Å². The Kier molecular flexibility index (Phi) is 7.71. The third-order valence-corrected chi connectivity index (χ3v) is 9.06. The van der Waals surface area contributed by atoms with Gasteiger partial charge >= 0.3 is 0 Å². The smallest absolute Gasteiger partial charge is 0.240 e. The number of rotatable bonds is 8. The summed E-state index contributed by atoms with van der Waals surface area (Å²) in [5.74, 6) is -0.603. The molecule has 3 N–H and O–H groups in total. The molecule has 31 heavy (non-hydrogen) atoms. The molecule has 1 saturated heterocycles. The Morgan fingerprint density at radius 3 is 2.29 bits per heavy atom. The van der Waals surface area contributed by atoms with Crippen molar-refractivity contribution in [2.45, 2.75) is 43.0 Å². The van der Waals surface area contributed by atoms with E-state index in [9.17, 15) is 26.4 Å². The molecule has 2 amide bonds. The van der Waals surface area contributed by atoms with E-state index < -0.39 is 19.9 Å². The quantitative estimate of drug-likeness (QED) is 0.495. The molecule has 0 aromatic heterocycles. The molecule has 1 aliphatic carbocycles. The molecule has 3 rings (SSSR count). The first-order valence-electron chi connectivity index (χ1n) is 10.5. The summed E-state index contributed by atoms with van der Waals surface area (Å²) < 4.78 is 50.1. The van der Waals surface area contributed by atoms with Gasteiger partial charge in [-0.1, -0.05) is 18.2 Å². The Bertz CT molecular complexity index is 987. The maximum Gasteiger partial charge on any atom is 0.240 e. The minimum absolute atomic E-state index is 0.0509. The summed E-state index contributed by atoms with van der Waals surface area (Å²) in [6.07, 6.45) is 3.11. The van der Waals surface area contributed by atoms with Crippen molar-refractivity contribution in [2.75, 3.05) is 24.6 Å². The summed E-state index contributed by atoms with van der Waals surface area (Å²) in [5.41, 5.74) is 0. The molecular formula is C20H29N3O6S2. The van der Waals surface area contributed by atoms with Crippen LogP contribution in [0.4, 0.5) is 0 Å². The number of hydrogen-bond acceptors (Lipinski definition) is 6. The van der Waals surface area contributed by atoms with E-state index in [1.807, 2.05) is 0 Å². The van der Waals surface area contributed by atoms with Gasteiger partial charge in [0.15, 0.2) is 9.84 Å². The lowest BCUT2D eigenvalue weighted by Crippen LogP contribution is -2.44. The topological polar surface area (TPSA) is 139 Å². The van der Waals surface area contributed by atoms with Gasteiger partial charge in [-0.3, -0.25) is 9.59 Å². The van der Waals surface area contributed by atoms with Gasteiger partial charge in [0.05, 0.1) is 22.9 Å². The lowest BCUT2D eigenvalue weighted by molar-refractivity contribution is -0.129. The molecule has 1 aromatic carbocycles. The molecule has 1 unspecified atom stereocenters. The number of amides is 2. The van der Waals surface area contributed by atoms with Gasteiger partial charge in [0, 0.05) is 18.5 Å². The molecule has 2 fully saturated rings. The van der Waals surface area contributed by atoms with Crippen molar-refractivity contribution < 1.29 is 26.4 Å². The predicted molar refractivity (Wildman–Crippen MR) is 115 cm³/mol. The lowest BCUT2D eigenvalue weighted by atomic mass is 9.81. The van der Waals surface area contributed by atoms with Crippen LogP contribution in [0.1, 0.15) is 32.1 Å². The Morgan fingerprint density at radius 2 is 1.68 bits per heavy atom. The van der Waals surface area contributed by atoms with Crippen LogP contribution in [-0.4, -0.2) is 59.3 Å². The molecule has 0 radical (unpaired) electrons. The van der Waals surface area contributed by atoms with Crippen molar-refractivity contribution >= 4 is 31.7 Å². The van der Waals surface area contributed by atoms with Gasteiger partial charge < -0.3 is 10.6 Å². The standard InChI is InChI=1S/C20H29N3O6S2/c24-19(23-17-10-11-30(26,27)14-17)13-21-20(25)16-8-6-15(7-9-16)12-22-31(28,29)18-4-2-1-3-5-18/h1-5,15-17,22H,6-14H2,(H,21,25)(H,23,24). The highest BCUT2D eigenvalue weighted by atomic mass is 32.2. The van der Waals surface area contributed by atoms with Gasteiger partial charge in [-0.25, -0.2) is 21.6 Å².